The summed E-state index contributed by atoms with van der Waals surface area (Å²) in [6.07, 6.45) is 2.59. The number of nitrogens with one attached hydrogen (secondary N) is 2. The summed E-state index contributed by atoms with van der Waals surface area (Å²) in [6.45, 7) is 0.148. The number of carbonyl (C=O) groups excluding carboxylic acids is 1. The first-order valence-corrected chi connectivity index (χ1v) is 8.02. The molecule has 23 heavy (non-hydrogen) atoms. The molecular weight excluding hydrogens is 312 g/mol. The molecule has 1 atom stereocenters. The van der Waals surface area contributed by atoms with Gasteiger partial charge in [0.25, 0.3) is 0 Å². The van der Waals surface area contributed by atoms with Crippen LogP contribution < -0.4 is 10.6 Å². The van der Waals surface area contributed by atoms with Crippen LogP contribution in [0.15, 0.2) is 59.6 Å². The summed E-state index contributed by atoms with van der Waals surface area (Å²) in [5.74, 6) is 0. The van der Waals surface area contributed by atoms with Crippen LogP contribution in [0.25, 0.3) is 5.69 Å². The molecule has 6 nitrogen and oxygen atoms in total. The van der Waals surface area contributed by atoms with Crippen LogP contribution in [0.2, 0.25) is 0 Å². The molecule has 1 aromatic carbocycles. The normalized spacial score (nSPS) is 11.9. The van der Waals surface area contributed by atoms with Crippen LogP contribution in [0, 0.1) is 0 Å². The number of aromatic nitrogens is 2. The van der Waals surface area contributed by atoms with Crippen molar-refractivity contribution in [1.82, 2.24) is 15.1 Å². The lowest BCUT2D eigenvalue weighted by Crippen LogP contribution is -2.32. The zero-order valence-electron chi connectivity index (χ0n) is 12.2. The molecule has 0 saturated heterocycles. The van der Waals surface area contributed by atoms with Gasteiger partial charge in [-0.1, -0.05) is 18.2 Å². The van der Waals surface area contributed by atoms with Crippen molar-refractivity contribution in [3.8, 4) is 5.69 Å². The van der Waals surface area contributed by atoms with Crippen LogP contribution in [0.1, 0.15) is 11.7 Å². The lowest BCUT2D eigenvalue weighted by atomic mass is 10.2. The third kappa shape index (κ3) is 3.97. The second-order valence-electron chi connectivity index (χ2n) is 4.92. The number of amides is 2. The molecule has 0 spiro atoms. The van der Waals surface area contributed by atoms with Crippen LogP contribution in [-0.2, 0) is 0 Å². The van der Waals surface area contributed by atoms with Gasteiger partial charge in [-0.3, -0.25) is 0 Å². The molecule has 0 bridgehead atoms. The molecule has 2 heterocycles. The van der Waals surface area contributed by atoms with Gasteiger partial charge in [0.15, 0.2) is 0 Å². The van der Waals surface area contributed by atoms with E-state index in [9.17, 15) is 9.90 Å². The largest absolute Gasteiger partial charge is 0.387 e. The first-order valence-electron chi connectivity index (χ1n) is 7.07. The van der Waals surface area contributed by atoms with E-state index in [0.29, 0.717) is 5.69 Å². The minimum atomic E-state index is -0.709. The van der Waals surface area contributed by atoms with Gasteiger partial charge in [-0.25, -0.2) is 9.48 Å². The average molecular weight is 328 g/mol. The fraction of sp³-hybridized carbons (Fsp3) is 0.125. The third-order valence-electron chi connectivity index (χ3n) is 3.25. The van der Waals surface area contributed by atoms with Crippen molar-refractivity contribution in [1.29, 1.82) is 0 Å². The molecule has 2 aromatic heterocycles. The highest BCUT2D eigenvalue weighted by atomic mass is 32.1. The van der Waals surface area contributed by atoms with Crippen molar-refractivity contribution in [2.24, 2.45) is 0 Å². The molecule has 3 rings (SSSR count). The smallest absolute Gasteiger partial charge is 0.319 e. The van der Waals surface area contributed by atoms with Gasteiger partial charge in [-0.2, -0.15) is 16.4 Å². The Kier molecular flexibility index (Phi) is 4.70. The number of anilines is 1. The van der Waals surface area contributed by atoms with E-state index < -0.39 is 6.10 Å². The highest BCUT2D eigenvalue weighted by molar-refractivity contribution is 7.07. The fourth-order valence-electron chi connectivity index (χ4n) is 2.06. The Hall–Kier alpha value is -2.64. The van der Waals surface area contributed by atoms with Gasteiger partial charge in [-0.15, -0.1) is 0 Å². The fourth-order valence-corrected chi connectivity index (χ4v) is 2.76. The summed E-state index contributed by atoms with van der Waals surface area (Å²) in [5.41, 5.74) is 2.29. The molecule has 1 unspecified atom stereocenters. The molecule has 2 amide bonds. The molecule has 7 heteroatoms. The highest BCUT2D eigenvalue weighted by Crippen LogP contribution is 2.15. The van der Waals surface area contributed by atoms with Crippen molar-refractivity contribution in [2.45, 2.75) is 6.10 Å². The Morgan fingerprint density at radius 2 is 2.13 bits per heavy atom. The predicted molar refractivity (Wildman–Crippen MR) is 89.9 cm³/mol. The monoisotopic (exact) mass is 328 g/mol. The van der Waals surface area contributed by atoms with E-state index in [-0.39, 0.29) is 12.6 Å². The molecular formula is C16H16N4O2S. The molecule has 0 aliphatic heterocycles. The number of thiophene rings is 1. The minimum Gasteiger partial charge on any atom is -0.387 e. The molecule has 118 valence electrons. The molecule has 0 saturated carbocycles. The lowest BCUT2D eigenvalue weighted by molar-refractivity contribution is 0.175. The summed E-state index contributed by atoms with van der Waals surface area (Å²) in [5, 5.41) is 23.2. The number of aliphatic hydroxyl groups is 1. The summed E-state index contributed by atoms with van der Waals surface area (Å²) in [4.78, 5) is 11.9. The Balaban J connectivity index is 1.53. The quantitative estimate of drug-likeness (QED) is 0.674. The van der Waals surface area contributed by atoms with E-state index >= 15 is 0 Å². The van der Waals surface area contributed by atoms with Gasteiger partial charge in [0.05, 0.1) is 29.9 Å². The maximum absolute atomic E-state index is 11.9. The Morgan fingerprint density at radius 1 is 1.30 bits per heavy atom. The summed E-state index contributed by atoms with van der Waals surface area (Å²) in [6, 6.07) is 11.1. The Morgan fingerprint density at radius 3 is 2.87 bits per heavy atom. The number of rotatable bonds is 5. The van der Waals surface area contributed by atoms with Crippen molar-refractivity contribution in [3.63, 3.8) is 0 Å². The van der Waals surface area contributed by atoms with Gasteiger partial charge < -0.3 is 15.7 Å². The molecule has 0 radical (unpaired) electrons. The molecule has 0 aliphatic rings. The van der Waals surface area contributed by atoms with E-state index in [0.717, 1.165) is 11.3 Å². The number of benzene rings is 1. The van der Waals surface area contributed by atoms with Crippen LogP contribution in [0.4, 0.5) is 10.5 Å². The summed E-state index contributed by atoms with van der Waals surface area (Å²) < 4.78 is 1.68. The van der Waals surface area contributed by atoms with Crippen molar-refractivity contribution < 1.29 is 9.90 Å². The van der Waals surface area contributed by atoms with Gasteiger partial charge >= 0.3 is 6.03 Å². The van der Waals surface area contributed by atoms with E-state index in [1.54, 1.807) is 17.1 Å². The maximum Gasteiger partial charge on any atom is 0.319 e. The Bertz CT molecular complexity index is 756. The van der Waals surface area contributed by atoms with Crippen LogP contribution >= 0.6 is 11.3 Å². The van der Waals surface area contributed by atoms with E-state index in [1.165, 1.54) is 11.3 Å². The zero-order valence-corrected chi connectivity index (χ0v) is 13.0. The van der Waals surface area contributed by atoms with Gasteiger partial charge in [0.1, 0.15) is 0 Å². The number of nitrogens with zero attached hydrogens (tertiary/aromatic N) is 2. The zero-order chi connectivity index (χ0) is 16.1. The standard InChI is InChI=1S/C16H16N4O2S/c21-15(12-6-7-23-11-12)9-17-16(22)19-13-8-18-20(10-13)14-4-2-1-3-5-14/h1-8,10-11,15,21H,9H2,(H2,17,19,22). The lowest BCUT2D eigenvalue weighted by Gasteiger charge is -2.10. The SMILES string of the molecule is O=C(NCC(O)c1ccsc1)Nc1cnn(-c2ccccc2)c1. The van der Waals surface area contributed by atoms with Crippen molar-refractivity contribution >= 4 is 23.1 Å². The topological polar surface area (TPSA) is 79.2 Å². The molecule has 3 aromatic rings. The molecule has 3 N–H and O–H groups in total. The van der Waals surface area contributed by atoms with Crippen molar-refractivity contribution in [3.05, 3.63) is 65.1 Å². The number of hydrogen-bond donors (Lipinski definition) is 3. The number of carbonyl (C=O) groups is 1. The van der Waals surface area contributed by atoms with Crippen LogP contribution in [0.3, 0.4) is 0 Å². The second-order valence-corrected chi connectivity index (χ2v) is 5.70. The molecule has 0 fully saturated rings. The first-order chi connectivity index (χ1) is 11.2. The van der Waals surface area contributed by atoms with E-state index in [2.05, 4.69) is 15.7 Å². The van der Waals surface area contributed by atoms with Crippen LogP contribution in [-0.4, -0.2) is 27.5 Å². The third-order valence-corrected chi connectivity index (χ3v) is 3.95. The Labute approximate surface area is 137 Å². The van der Waals surface area contributed by atoms with Gasteiger partial charge in [0.2, 0.25) is 0 Å². The minimum absolute atomic E-state index is 0.148. The maximum atomic E-state index is 11.9. The highest BCUT2D eigenvalue weighted by Gasteiger charge is 2.10. The summed E-state index contributed by atoms with van der Waals surface area (Å²) >= 11 is 1.51. The van der Waals surface area contributed by atoms with E-state index in [4.69, 9.17) is 0 Å². The number of urea groups is 1. The average Bonchev–Trinajstić information content (AvgIpc) is 3.25. The molecule has 0 aliphatic carbocycles. The van der Waals surface area contributed by atoms with Gasteiger partial charge in [0, 0.05) is 6.54 Å². The van der Waals surface area contributed by atoms with Crippen LogP contribution in [0.5, 0.6) is 0 Å². The number of aliphatic hydroxyl groups excluding tert-OH is 1. The second kappa shape index (κ2) is 7.08. The summed E-state index contributed by atoms with van der Waals surface area (Å²) in [7, 11) is 0. The predicted octanol–water partition coefficient (Wildman–Crippen LogP) is 2.79. The van der Waals surface area contributed by atoms with Crippen molar-refractivity contribution in [2.75, 3.05) is 11.9 Å². The van der Waals surface area contributed by atoms with Gasteiger partial charge in [-0.05, 0) is 34.5 Å². The number of para-hydroxylation sites is 1. The first kappa shape index (κ1) is 15.3. The van der Waals surface area contributed by atoms with E-state index in [1.807, 2.05) is 47.2 Å². The number of hydrogen-bond acceptors (Lipinski definition) is 4.